The lowest BCUT2D eigenvalue weighted by molar-refractivity contribution is 0.0940. The molecule has 0 saturated carbocycles. The average molecular weight is 367 g/mol. The summed E-state index contributed by atoms with van der Waals surface area (Å²) in [6.45, 7) is 5.37. The van der Waals surface area contributed by atoms with Gasteiger partial charge < -0.3 is 9.84 Å². The minimum Gasteiger partial charge on any atom is -0.360 e. The second-order valence-corrected chi connectivity index (χ2v) is 6.57. The monoisotopic (exact) mass is 366 g/mol. The van der Waals surface area contributed by atoms with Gasteiger partial charge in [-0.15, -0.1) is 0 Å². The number of nitrogens with one attached hydrogen (secondary N) is 1. The Bertz CT molecular complexity index is 692. The van der Waals surface area contributed by atoms with E-state index in [1.54, 1.807) is 6.20 Å². The molecule has 0 aromatic carbocycles. The van der Waals surface area contributed by atoms with Gasteiger partial charge in [0.05, 0.1) is 22.9 Å². The second kappa shape index (κ2) is 6.24. The zero-order valence-corrected chi connectivity index (χ0v) is 14.3. The maximum absolute atomic E-state index is 12.4. The number of aromatic nitrogens is 3. The highest BCUT2D eigenvalue weighted by atomic mass is 79.9. The normalized spacial score (nSPS) is 17.3. The first-order valence-electron chi connectivity index (χ1n) is 7.56. The molecule has 0 saturated heterocycles. The third-order valence-electron chi connectivity index (χ3n) is 4.12. The van der Waals surface area contributed by atoms with Crippen LogP contribution in [0.1, 0.15) is 47.8 Å². The van der Waals surface area contributed by atoms with Crippen LogP contribution in [0, 0.1) is 5.92 Å². The van der Waals surface area contributed by atoms with Crippen molar-refractivity contribution in [2.45, 2.75) is 46.2 Å². The SMILES string of the molecule is CCn1ncc(Br)c1CNC(=O)c1noc2c1CC(C)CC2. The molecule has 6 nitrogen and oxygen atoms in total. The van der Waals surface area contributed by atoms with Crippen molar-refractivity contribution in [2.24, 2.45) is 5.92 Å². The van der Waals surface area contributed by atoms with Crippen molar-refractivity contribution in [3.05, 3.63) is 33.4 Å². The molecule has 1 aliphatic rings. The van der Waals surface area contributed by atoms with Gasteiger partial charge in [0.1, 0.15) is 5.76 Å². The lowest BCUT2D eigenvalue weighted by Crippen LogP contribution is -2.26. The van der Waals surface area contributed by atoms with Gasteiger partial charge in [0, 0.05) is 18.5 Å². The summed E-state index contributed by atoms with van der Waals surface area (Å²) in [5, 5.41) is 11.1. The third-order valence-corrected chi connectivity index (χ3v) is 4.78. The van der Waals surface area contributed by atoms with Crippen LogP contribution in [-0.2, 0) is 25.9 Å². The molecular weight excluding hydrogens is 348 g/mol. The van der Waals surface area contributed by atoms with E-state index in [2.05, 4.69) is 38.4 Å². The second-order valence-electron chi connectivity index (χ2n) is 5.72. The molecule has 1 aliphatic carbocycles. The van der Waals surface area contributed by atoms with Gasteiger partial charge in [-0.2, -0.15) is 5.10 Å². The van der Waals surface area contributed by atoms with Crippen molar-refractivity contribution in [3.8, 4) is 0 Å². The van der Waals surface area contributed by atoms with E-state index >= 15 is 0 Å². The van der Waals surface area contributed by atoms with E-state index < -0.39 is 0 Å². The van der Waals surface area contributed by atoms with Crippen LogP contribution < -0.4 is 5.32 Å². The van der Waals surface area contributed by atoms with Gasteiger partial charge in [0.25, 0.3) is 5.91 Å². The van der Waals surface area contributed by atoms with Crippen molar-refractivity contribution in [1.29, 1.82) is 0 Å². The van der Waals surface area contributed by atoms with E-state index in [0.29, 0.717) is 18.2 Å². The average Bonchev–Trinajstić information content (AvgIpc) is 3.08. The minimum atomic E-state index is -0.185. The number of nitrogens with zero attached hydrogens (tertiary/aromatic N) is 3. The smallest absolute Gasteiger partial charge is 0.274 e. The molecule has 2 heterocycles. The Hall–Kier alpha value is -1.63. The number of carbonyl (C=O) groups is 1. The van der Waals surface area contributed by atoms with Crippen molar-refractivity contribution in [2.75, 3.05) is 0 Å². The summed E-state index contributed by atoms with van der Waals surface area (Å²) in [4.78, 5) is 12.4. The molecule has 0 radical (unpaired) electrons. The first-order valence-corrected chi connectivity index (χ1v) is 8.35. The highest BCUT2D eigenvalue weighted by Crippen LogP contribution is 2.27. The zero-order valence-electron chi connectivity index (χ0n) is 12.7. The fraction of sp³-hybridized carbons (Fsp3) is 0.533. The van der Waals surface area contributed by atoms with Gasteiger partial charge in [0.2, 0.25) is 0 Å². The molecule has 2 aromatic heterocycles. The highest BCUT2D eigenvalue weighted by Gasteiger charge is 2.27. The first-order chi connectivity index (χ1) is 10.6. The van der Waals surface area contributed by atoms with E-state index in [1.807, 2.05) is 11.6 Å². The summed E-state index contributed by atoms with van der Waals surface area (Å²) in [5.41, 5.74) is 2.35. The molecule has 1 amide bonds. The van der Waals surface area contributed by atoms with Gasteiger partial charge in [0.15, 0.2) is 5.69 Å². The Morgan fingerprint density at radius 1 is 1.59 bits per heavy atom. The van der Waals surface area contributed by atoms with Gasteiger partial charge in [-0.25, -0.2) is 0 Å². The van der Waals surface area contributed by atoms with Gasteiger partial charge in [-0.05, 0) is 41.6 Å². The van der Waals surface area contributed by atoms with E-state index in [-0.39, 0.29) is 5.91 Å². The molecule has 0 bridgehead atoms. The number of halogens is 1. The maximum atomic E-state index is 12.4. The van der Waals surface area contributed by atoms with Crippen molar-refractivity contribution in [3.63, 3.8) is 0 Å². The molecule has 7 heteroatoms. The fourth-order valence-electron chi connectivity index (χ4n) is 2.84. The number of hydrogen-bond donors (Lipinski definition) is 1. The molecule has 2 aromatic rings. The van der Waals surface area contributed by atoms with Gasteiger partial charge in [-0.1, -0.05) is 12.1 Å². The van der Waals surface area contributed by atoms with E-state index in [9.17, 15) is 4.79 Å². The van der Waals surface area contributed by atoms with Crippen LogP contribution in [0.2, 0.25) is 0 Å². The fourth-order valence-corrected chi connectivity index (χ4v) is 3.28. The summed E-state index contributed by atoms with van der Waals surface area (Å²) < 4.78 is 8.07. The molecular formula is C15H19BrN4O2. The van der Waals surface area contributed by atoms with E-state index in [4.69, 9.17) is 4.52 Å². The largest absolute Gasteiger partial charge is 0.360 e. The number of fused-ring (bicyclic) bond motifs is 1. The summed E-state index contributed by atoms with van der Waals surface area (Å²) in [6, 6.07) is 0. The lowest BCUT2D eigenvalue weighted by Gasteiger charge is -2.16. The Balaban J connectivity index is 1.73. The van der Waals surface area contributed by atoms with Crippen LogP contribution >= 0.6 is 15.9 Å². The maximum Gasteiger partial charge on any atom is 0.274 e. The standard InChI is InChI=1S/C15H19BrN4O2/c1-3-20-12(11(16)7-18-20)8-17-15(21)14-10-6-9(2)4-5-13(10)22-19-14/h7,9H,3-6,8H2,1-2H3,(H,17,21). The number of rotatable bonds is 4. The van der Waals surface area contributed by atoms with Gasteiger partial charge >= 0.3 is 0 Å². The molecule has 1 unspecified atom stereocenters. The Kier molecular flexibility index (Phi) is 4.33. The number of hydrogen-bond acceptors (Lipinski definition) is 4. The van der Waals surface area contributed by atoms with Gasteiger partial charge in [-0.3, -0.25) is 9.48 Å². The first kappa shape index (κ1) is 15.3. The summed E-state index contributed by atoms with van der Waals surface area (Å²) in [7, 11) is 0. The Morgan fingerprint density at radius 3 is 3.18 bits per heavy atom. The van der Waals surface area contributed by atoms with Crippen LogP contribution in [0.4, 0.5) is 0 Å². The summed E-state index contributed by atoms with van der Waals surface area (Å²) in [6.07, 6.45) is 4.56. The van der Waals surface area contributed by atoms with Crippen LogP contribution in [0.25, 0.3) is 0 Å². The van der Waals surface area contributed by atoms with Crippen molar-refractivity contribution < 1.29 is 9.32 Å². The summed E-state index contributed by atoms with van der Waals surface area (Å²) >= 11 is 3.46. The van der Waals surface area contributed by atoms with Crippen LogP contribution in [0.3, 0.4) is 0 Å². The molecule has 0 aliphatic heterocycles. The number of amides is 1. The number of aryl methyl sites for hydroxylation is 2. The Morgan fingerprint density at radius 2 is 2.41 bits per heavy atom. The predicted molar refractivity (Wildman–Crippen MR) is 84.5 cm³/mol. The molecule has 118 valence electrons. The molecule has 1 N–H and O–H groups in total. The highest BCUT2D eigenvalue weighted by molar-refractivity contribution is 9.10. The molecule has 3 rings (SSSR count). The number of carbonyl (C=O) groups excluding carboxylic acids is 1. The van der Waals surface area contributed by atoms with Crippen molar-refractivity contribution >= 4 is 21.8 Å². The van der Waals surface area contributed by atoms with Crippen LogP contribution in [0.5, 0.6) is 0 Å². The van der Waals surface area contributed by atoms with Crippen LogP contribution in [0.15, 0.2) is 15.2 Å². The topological polar surface area (TPSA) is 73.0 Å². The van der Waals surface area contributed by atoms with Crippen molar-refractivity contribution in [1.82, 2.24) is 20.3 Å². The lowest BCUT2D eigenvalue weighted by atomic mass is 9.88. The van der Waals surface area contributed by atoms with E-state index in [0.717, 1.165) is 47.3 Å². The minimum absolute atomic E-state index is 0.185. The Labute approximate surface area is 137 Å². The molecule has 0 fully saturated rings. The predicted octanol–water partition coefficient (Wildman–Crippen LogP) is 2.71. The third kappa shape index (κ3) is 2.82. The summed E-state index contributed by atoms with van der Waals surface area (Å²) in [5.74, 6) is 1.24. The molecule has 1 atom stereocenters. The van der Waals surface area contributed by atoms with Crippen LogP contribution in [-0.4, -0.2) is 20.8 Å². The molecule has 22 heavy (non-hydrogen) atoms. The quantitative estimate of drug-likeness (QED) is 0.902. The molecule has 0 spiro atoms. The van der Waals surface area contributed by atoms with E-state index in [1.165, 1.54) is 0 Å². The zero-order chi connectivity index (χ0) is 15.7.